The highest BCUT2D eigenvalue weighted by Crippen LogP contribution is 2.38. The Kier molecular flexibility index (Phi) is 4.34. The summed E-state index contributed by atoms with van der Waals surface area (Å²) in [6.07, 6.45) is 6.35. The van der Waals surface area contributed by atoms with Gasteiger partial charge in [-0.25, -0.2) is 0 Å². The Labute approximate surface area is 128 Å². The Hall–Kier alpha value is -1.28. The van der Waals surface area contributed by atoms with Crippen LogP contribution in [-0.4, -0.2) is 11.1 Å². The lowest BCUT2D eigenvalue weighted by Crippen LogP contribution is -2.22. The van der Waals surface area contributed by atoms with Crippen molar-refractivity contribution < 1.29 is 0 Å². The normalized spacial score (nSPS) is 26.3. The van der Waals surface area contributed by atoms with Crippen molar-refractivity contribution in [3.63, 3.8) is 0 Å². The molecule has 1 fully saturated rings. The summed E-state index contributed by atoms with van der Waals surface area (Å²) in [6, 6.07) is 9.66. The first kappa shape index (κ1) is 14.6. The number of fused-ring (bicyclic) bond motifs is 1. The Morgan fingerprint density at radius 3 is 2.57 bits per heavy atom. The van der Waals surface area contributed by atoms with Crippen LogP contribution in [0.15, 0.2) is 30.5 Å². The molecule has 1 saturated carbocycles. The Morgan fingerprint density at radius 2 is 1.86 bits per heavy atom. The zero-order valence-electron chi connectivity index (χ0n) is 13.6. The molecule has 2 heteroatoms. The molecule has 1 aromatic carbocycles. The van der Waals surface area contributed by atoms with Crippen molar-refractivity contribution in [2.24, 2.45) is 11.8 Å². The van der Waals surface area contributed by atoms with Gasteiger partial charge in [0.15, 0.2) is 0 Å². The SMILES string of the molecule is CCNCc1cccc2ccn(C3CC(C)CC(C)C3)c12. The van der Waals surface area contributed by atoms with Crippen LogP contribution in [0.4, 0.5) is 0 Å². The summed E-state index contributed by atoms with van der Waals surface area (Å²) in [6.45, 7) is 8.98. The summed E-state index contributed by atoms with van der Waals surface area (Å²) < 4.78 is 2.56. The summed E-state index contributed by atoms with van der Waals surface area (Å²) in [5.74, 6) is 1.69. The predicted octanol–water partition coefficient (Wildman–Crippen LogP) is 4.75. The van der Waals surface area contributed by atoms with Gasteiger partial charge in [-0.05, 0) is 54.7 Å². The highest BCUT2D eigenvalue weighted by Gasteiger charge is 2.26. The second-order valence-electron chi connectivity index (χ2n) is 6.93. The maximum atomic E-state index is 3.48. The summed E-state index contributed by atoms with van der Waals surface area (Å²) >= 11 is 0. The molecule has 3 rings (SSSR count). The van der Waals surface area contributed by atoms with Crippen LogP contribution >= 0.6 is 0 Å². The Morgan fingerprint density at radius 1 is 1.10 bits per heavy atom. The van der Waals surface area contributed by atoms with E-state index in [1.807, 2.05) is 0 Å². The van der Waals surface area contributed by atoms with E-state index in [0.29, 0.717) is 6.04 Å². The first-order valence-corrected chi connectivity index (χ1v) is 8.48. The molecule has 2 atom stereocenters. The number of nitrogens with zero attached hydrogens (tertiary/aromatic N) is 1. The fourth-order valence-electron chi connectivity index (χ4n) is 4.13. The van der Waals surface area contributed by atoms with Crippen molar-refractivity contribution in [1.29, 1.82) is 0 Å². The monoisotopic (exact) mass is 284 g/mol. The molecule has 2 unspecified atom stereocenters. The van der Waals surface area contributed by atoms with Gasteiger partial charge >= 0.3 is 0 Å². The summed E-state index contributed by atoms with van der Waals surface area (Å²) in [5.41, 5.74) is 2.88. The zero-order valence-corrected chi connectivity index (χ0v) is 13.6. The number of nitrogens with one attached hydrogen (secondary N) is 1. The largest absolute Gasteiger partial charge is 0.344 e. The van der Waals surface area contributed by atoms with Gasteiger partial charge in [0.25, 0.3) is 0 Å². The Balaban J connectivity index is 1.98. The summed E-state index contributed by atoms with van der Waals surface area (Å²) in [7, 11) is 0. The molecule has 0 radical (unpaired) electrons. The van der Waals surface area contributed by atoms with Gasteiger partial charge < -0.3 is 9.88 Å². The maximum Gasteiger partial charge on any atom is 0.0528 e. The standard InChI is InChI=1S/C19H28N2/c1-4-20-13-17-7-5-6-16-8-9-21(19(16)17)18-11-14(2)10-15(3)12-18/h5-9,14-15,18,20H,4,10-13H2,1-3H3. The van der Waals surface area contributed by atoms with Gasteiger partial charge in [0.2, 0.25) is 0 Å². The van der Waals surface area contributed by atoms with E-state index in [9.17, 15) is 0 Å². The fraction of sp³-hybridized carbons (Fsp3) is 0.579. The molecule has 114 valence electrons. The molecular weight excluding hydrogens is 256 g/mol. The highest BCUT2D eigenvalue weighted by atomic mass is 15.0. The molecule has 1 aliphatic carbocycles. The smallest absolute Gasteiger partial charge is 0.0528 e. The van der Waals surface area contributed by atoms with E-state index in [1.54, 1.807) is 0 Å². The van der Waals surface area contributed by atoms with Crippen LogP contribution in [0.25, 0.3) is 10.9 Å². The van der Waals surface area contributed by atoms with Crippen molar-refractivity contribution in [3.8, 4) is 0 Å². The van der Waals surface area contributed by atoms with E-state index >= 15 is 0 Å². The minimum atomic E-state index is 0.670. The van der Waals surface area contributed by atoms with E-state index < -0.39 is 0 Å². The van der Waals surface area contributed by atoms with Crippen LogP contribution in [0.3, 0.4) is 0 Å². The molecule has 2 aromatic rings. The average molecular weight is 284 g/mol. The van der Waals surface area contributed by atoms with Crippen LogP contribution in [0.5, 0.6) is 0 Å². The minimum Gasteiger partial charge on any atom is -0.344 e. The summed E-state index contributed by atoms with van der Waals surface area (Å²) in [4.78, 5) is 0. The first-order valence-electron chi connectivity index (χ1n) is 8.48. The molecule has 1 N–H and O–H groups in total. The predicted molar refractivity (Wildman–Crippen MR) is 90.5 cm³/mol. The third kappa shape index (κ3) is 3.01. The molecule has 0 saturated heterocycles. The highest BCUT2D eigenvalue weighted by molar-refractivity contribution is 5.83. The molecule has 0 amide bonds. The lowest BCUT2D eigenvalue weighted by molar-refractivity contribution is 0.225. The molecule has 0 aliphatic heterocycles. The Bertz CT molecular complexity index is 589. The van der Waals surface area contributed by atoms with Crippen molar-refractivity contribution >= 4 is 10.9 Å². The van der Waals surface area contributed by atoms with Gasteiger partial charge in [0.1, 0.15) is 0 Å². The van der Waals surface area contributed by atoms with E-state index in [2.05, 4.69) is 61.1 Å². The van der Waals surface area contributed by atoms with E-state index in [4.69, 9.17) is 0 Å². The van der Waals surface area contributed by atoms with Crippen LogP contribution in [0.2, 0.25) is 0 Å². The molecule has 0 spiro atoms. The maximum absolute atomic E-state index is 3.48. The van der Waals surface area contributed by atoms with Crippen LogP contribution in [-0.2, 0) is 6.54 Å². The third-order valence-electron chi connectivity index (χ3n) is 4.94. The lowest BCUT2D eigenvalue weighted by Gasteiger charge is -2.33. The van der Waals surface area contributed by atoms with Crippen LogP contribution < -0.4 is 5.32 Å². The van der Waals surface area contributed by atoms with Gasteiger partial charge in [0.05, 0.1) is 5.52 Å². The van der Waals surface area contributed by atoms with Crippen LogP contribution in [0, 0.1) is 11.8 Å². The molecular formula is C19H28N2. The molecule has 21 heavy (non-hydrogen) atoms. The van der Waals surface area contributed by atoms with E-state index in [0.717, 1.165) is 24.9 Å². The lowest BCUT2D eigenvalue weighted by atomic mass is 9.80. The topological polar surface area (TPSA) is 17.0 Å². The van der Waals surface area contributed by atoms with Gasteiger partial charge in [-0.3, -0.25) is 0 Å². The van der Waals surface area contributed by atoms with Gasteiger partial charge in [-0.2, -0.15) is 0 Å². The average Bonchev–Trinajstić information content (AvgIpc) is 2.88. The quantitative estimate of drug-likeness (QED) is 0.857. The number of rotatable bonds is 4. The van der Waals surface area contributed by atoms with Crippen molar-refractivity contribution in [2.75, 3.05) is 6.54 Å². The first-order chi connectivity index (χ1) is 10.2. The van der Waals surface area contributed by atoms with Gasteiger partial charge in [0, 0.05) is 18.8 Å². The molecule has 1 aromatic heterocycles. The van der Waals surface area contributed by atoms with Crippen LogP contribution in [0.1, 0.15) is 51.6 Å². The third-order valence-corrected chi connectivity index (χ3v) is 4.94. The molecule has 2 nitrogen and oxygen atoms in total. The van der Waals surface area contributed by atoms with E-state index in [-0.39, 0.29) is 0 Å². The fourth-order valence-corrected chi connectivity index (χ4v) is 4.13. The molecule has 1 aliphatic rings. The van der Waals surface area contributed by atoms with Gasteiger partial charge in [-0.15, -0.1) is 0 Å². The van der Waals surface area contributed by atoms with Crippen molar-refractivity contribution in [1.82, 2.24) is 9.88 Å². The second-order valence-corrected chi connectivity index (χ2v) is 6.93. The number of para-hydroxylation sites is 1. The second kappa shape index (κ2) is 6.23. The number of hydrogen-bond donors (Lipinski definition) is 1. The van der Waals surface area contributed by atoms with Crippen molar-refractivity contribution in [2.45, 2.75) is 52.6 Å². The number of benzene rings is 1. The number of aromatic nitrogens is 1. The van der Waals surface area contributed by atoms with Gasteiger partial charge in [-0.1, -0.05) is 39.0 Å². The molecule has 1 heterocycles. The number of hydrogen-bond acceptors (Lipinski definition) is 1. The van der Waals surface area contributed by atoms with Crippen molar-refractivity contribution in [3.05, 3.63) is 36.0 Å². The summed E-state index contributed by atoms with van der Waals surface area (Å²) in [5, 5.41) is 4.87. The molecule has 0 bridgehead atoms. The minimum absolute atomic E-state index is 0.670. The van der Waals surface area contributed by atoms with E-state index in [1.165, 1.54) is 35.7 Å². The zero-order chi connectivity index (χ0) is 14.8.